The summed E-state index contributed by atoms with van der Waals surface area (Å²) in [7, 11) is 0. The Kier molecular flexibility index (Phi) is 1.94. The molecule has 1 aromatic rings. The van der Waals surface area contributed by atoms with Gasteiger partial charge >= 0.3 is 0 Å². The molecule has 1 heterocycles. The summed E-state index contributed by atoms with van der Waals surface area (Å²) < 4.78 is 0. The van der Waals surface area contributed by atoms with E-state index in [1.165, 1.54) is 12.8 Å². The van der Waals surface area contributed by atoms with Gasteiger partial charge in [-0.25, -0.2) is 4.98 Å². The molecule has 0 amide bonds. The van der Waals surface area contributed by atoms with Crippen molar-refractivity contribution in [1.29, 1.82) is 0 Å². The van der Waals surface area contributed by atoms with Crippen LogP contribution in [0.1, 0.15) is 31.4 Å². The molecule has 0 aromatic carbocycles. The lowest BCUT2D eigenvalue weighted by Crippen LogP contribution is -2.00. The quantitative estimate of drug-likeness (QED) is 0.738. The van der Waals surface area contributed by atoms with E-state index < -0.39 is 0 Å². The molecule has 1 saturated carbocycles. The second-order valence-electron chi connectivity index (χ2n) is 3.13. The Morgan fingerprint density at radius 2 is 2.25 bits per heavy atom. The van der Waals surface area contributed by atoms with Gasteiger partial charge in [-0.1, -0.05) is 0 Å². The van der Waals surface area contributed by atoms with Crippen molar-refractivity contribution in [1.82, 2.24) is 9.97 Å². The van der Waals surface area contributed by atoms with Crippen LogP contribution in [0.4, 0.5) is 5.82 Å². The summed E-state index contributed by atoms with van der Waals surface area (Å²) in [4.78, 5) is 8.59. The number of aromatic nitrogens is 2. The summed E-state index contributed by atoms with van der Waals surface area (Å²) in [5.41, 5.74) is 1.15. The van der Waals surface area contributed by atoms with Crippen molar-refractivity contribution in [3.63, 3.8) is 0 Å². The minimum absolute atomic E-state index is 0.702. The molecule has 0 bridgehead atoms. The van der Waals surface area contributed by atoms with E-state index in [0.717, 1.165) is 18.1 Å². The van der Waals surface area contributed by atoms with Crippen LogP contribution in [0, 0.1) is 0 Å². The topological polar surface area (TPSA) is 37.8 Å². The average molecular weight is 163 g/mol. The first-order chi connectivity index (χ1) is 5.90. The van der Waals surface area contributed by atoms with Crippen LogP contribution in [-0.4, -0.2) is 16.5 Å². The van der Waals surface area contributed by atoms with E-state index >= 15 is 0 Å². The van der Waals surface area contributed by atoms with E-state index in [2.05, 4.69) is 22.2 Å². The molecular weight excluding hydrogens is 150 g/mol. The highest BCUT2D eigenvalue weighted by Gasteiger charge is 2.24. The fourth-order valence-electron chi connectivity index (χ4n) is 1.20. The SMILES string of the molecule is CCNc1cnc(C2CC2)cn1. The molecule has 1 N–H and O–H groups in total. The molecule has 1 fully saturated rings. The first-order valence-electron chi connectivity index (χ1n) is 4.46. The van der Waals surface area contributed by atoms with Crippen molar-refractivity contribution < 1.29 is 0 Å². The average Bonchev–Trinajstić information content (AvgIpc) is 2.89. The Bertz CT molecular complexity index is 251. The number of nitrogens with one attached hydrogen (secondary N) is 1. The standard InChI is InChI=1S/C9H13N3/c1-2-10-9-6-11-8(5-12-9)7-3-4-7/h5-7H,2-4H2,1H3,(H,10,12). The Hall–Kier alpha value is -1.12. The van der Waals surface area contributed by atoms with Gasteiger partial charge in [-0.05, 0) is 19.8 Å². The van der Waals surface area contributed by atoms with E-state index in [0.29, 0.717) is 5.92 Å². The van der Waals surface area contributed by atoms with Gasteiger partial charge in [-0.3, -0.25) is 4.98 Å². The number of nitrogens with zero attached hydrogens (tertiary/aromatic N) is 2. The minimum atomic E-state index is 0.702. The first-order valence-corrected chi connectivity index (χ1v) is 4.46. The predicted molar refractivity (Wildman–Crippen MR) is 48.2 cm³/mol. The molecule has 64 valence electrons. The zero-order valence-corrected chi connectivity index (χ0v) is 7.25. The van der Waals surface area contributed by atoms with Gasteiger partial charge in [0, 0.05) is 12.5 Å². The minimum Gasteiger partial charge on any atom is -0.369 e. The van der Waals surface area contributed by atoms with E-state index in [-0.39, 0.29) is 0 Å². The Morgan fingerprint density at radius 3 is 2.75 bits per heavy atom. The number of anilines is 1. The van der Waals surface area contributed by atoms with Crippen LogP contribution in [0.5, 0.6) is 0 Å². The van der Waals surface area contributed by atoms with Crippen LogP contribution >= 0.6 is 0 Å². The van der Waals surface area contributed by atoms with Gasteiger partial charge in [-0.15, -0.1) is 0 Å². The molecule has 12 heavy (non-hydrogen) atoms. The van der Waals surface area contributed by atoms with Crippen molar-refractivity contribution in [2.75, 3.05) is 11.9 Å². The Morgan fingerprint density at radius 1 is 1.42 bits per heavy atom. The van der Waals surface area contributed by atoms with Crippen LogP contribution in [0.3, 0.4) is 0 Å². The molecule has 0 atom stereocenters. The lowest BCUT2D eigenvalue weighted by atomic mass is 10.3. The van der Waals surface area contributed by atoms with Gasteiger partial charge in [-0.2, -0.15) is 0 Å². The third-order valence-corrected chi connectivity index (χ3v) is 2.03. The second-order valence-corrected chi connectivity index (χ2v) is 3.13. The molecule has 1 aromatic heterocycles. The molecule has 0 spiro atoms. The highest BCUT2D eigenvalue weighted by Crippen LogP contribution is 2.38. The molecular formula is C9H13N3. The summed E-state index contributed by atoms with van der Waals surface area (Å²) in [5.74, 6) is 1.58. The summed E-state index contributed by atoms with van der Waals surface area (Å²) in [6, 6.07) is 0. The van der Waals surface area contributed by atoms with Crippen LogP contribution in [-0.2, 0) is 0 Å². The maximum Gasteiger partial charge on any atom is 0.144 e. The normalized spacial score (nSPS) is 16.1. The third kappa shape index (κ3) is 1.55. The zero-order chi connectivity index (χ0) is 8.39. The van der Waals surface area contributed by atoms with Gasteiger partial charge in [0.25, 0.3) is 0 Å². The largest absolute Gasteiger partial charge is 0.369 e. The summed E-state index contributed by atoms with van der Waals surface area (Å²) in [6.07, 6.45) is 6.28. The molecule has 3 heteroatoms. The summed E-state index contributed by atoms with van der Waals surface area (Å²) in [6.45, 7) is 2.95. The molecule has 3 nitrogen and oxygen atoms in total. The van der Waals surface area contributed by atoms with E-state index in [4.69, 9.17) is 0 Å². The molecule has 0 saturated heterocycles. The monoisotopic (exact) mass is 163 g/mol. The van der Waals surface area contributed by atoms with Crippen LogP contribution in [0.2, 0.25) is 0 Å². The van der Waals surface area contributed by atoms with E-state index in [9.17, 15) is 0 Å². The van der Waals surface area contributed by atoms with Crippen LogP contribution in [0.25, 0.3) is 0 Å². The second kappa shape index (κ2) is 3.09. The van der Waals surface area contributed by atoms with E-state index in [1.54, 1.807) is 0 Å². The van der Waals surface area contributed by atoms with Gasteiger partial charge in [0.05, 0.1) is 18.1 Å². The molecule has 0 aliphatic heterocycles. The molecule has 2 rings (SSSR count). The number of hydrogen-bond donors (Lipinski definition) is 1. The maximum absolute atomic E-state index is 4.33. The van der Waals surface area contributed by atoms with Gasteiger partial charge in [0.1, 0.15) is 5.82 Å². The number of hydrogen-bond acceptors (Lipinski definition) is 3. The highest BCUT2D eigenvalue weighted by atomic mass is 15.0. The maximum atomic E-state index is 4.33. The fourth-order valence-corrected chi connectivity index (χ4v) is 1.20. The lowest BCUT2D eigenvalue weighted by Gasteiger charge is -2.01. The van der Waals surface area contributed by atoms with Crippen molar-refractivity contribution in [2.24, 2.45) is 0 Å². The fraction of sp³-hybridized carbons (Fsp3) is 0.556. The Balaban J connectivity index is 2.08. The smallest absolute Gasteiger partial charge is 0.144 e. The van der Waals surface area contributed by atoms with E-state index in [1.807, 2.05) is 12.4 Å². The first kappa shape index (κ1) is 7.53. The highest BCUT2D eigenvalue weighted by molar-refractivity contribution is 5.31. The molecule has 0 unspecified atom stereocenters. The van der Waals surface area contributed by atoms with Crippen molar-refractivity contribution in [3.8, 4) is 0 Å². The zero-order valence-electron chi connectivity index (χ0n) is 7.25. The van der Waals surface area contributed by atoms with Crippen molar-refractivity contribution in [2.45, 2.75) is 25.7 Å². The Labute approximate surface area is 72.2 Å². The van der Waals surface area contributed by atoms with Gasteiger partial charge in [0.2, 0.25) is 0 Å². The summed E-state index contributed by atoms with van der Waals surface area (Å²) in [5, 5.41) is 3.12. The predicted octanol–water partition coefficient (Wildman–Crippen LogP) is 1.79. The van der Waals surface area contributed by atoms with Crippen LogP contribution < -0.4 is 5.32 Å². The summed E-state index contributed by atoms with van der Waals surface area (Å²) >= 11 is 0. The van der Waals surface area contributed by atoms with Crippen molar-refractivity contribution in [3.05, 3.63) is 18.1 Å². The third-order valence-electron chi connectivity index (χ3n) is 2.03. The molecule has 1 aliphatic carbocycles. The van der Waals surface area contributed by atoms with Gasteiger partial charge in [0.15, 0.2) is 0 Å². The van der Waals surface area contributed by atoms with Crippen molar-refractivity contribution >= 4 is 5.82 Å². The molecule has 1 aliphatic rings. The lowest BCUT2D eigenvalue weighted by molar-refractivity contribution is 0.982. The molecule has 0 radical (unpaired) electrons. The van der Waals surface area contributed by atoms with Gasteiger partial charge < -0.3 is 5.32 Å². The van der Waals surface area contributed by atoms with Crippen LogP contribution in [0.15, 0.2) is 12.4 Å². The number of rotatable bonds is 3.